The van der Waals surface area contributed by atoms with Gasteiger partial charge in [-0.3, -0.25) is 4.57 Å². The molecule has 0 spiro atoms. The van der Waals surface area contributed by atoms with E-state index in [1.165, 1.54) is 75.1 Å². The second kappa shape index (κ2) is 18.0. The van der Waals surface area contributed by atoms with Crippen LogP contribution in [0.3, 0.4) is 0 Å². The lowest BCUT2D eigenvalue weighted by molar-refractivity contribution is 0.476. The molecule has 0 fully saturated rings. The molecule has 0 unspecified atom stereocenters. The number of aryl methyl sites for hydroxylation is 1. The zero-order valence-electron chi connectivity index (χ0n) is 25.9. The molecule has 0 aliphatic carbocycles. The minimum Gasteiger partial charge on any atom is -0.356 e. The van der Waals surface area contributed by atoms with Crippen molar-refractivity contribution >= 4 is 21.9 Å². The maximum absolute atomic E-state index is 13.2. The van der Waals surface area contributed by atoms with Crippen LogP contribution < -0.4 is 9.92 Å². The Morgan fingerprint density at radius 1 is 0.773 bits per heavy atom. The van der Waals surface area contributed by atoms with E-state index in [0.717, 1.165) is 30.5 Å². The normalized spacial score (nSPS) is 12.3. The van der Waals surface area contributed by atoms with E-state index < -0.39 is 10.1 Å². The zero-order valence-corrected chi connectivity index (χ0v) is 27.6. The largest absolute Gasteiger partial charge is 0.356 e. The Bertz CT molecular complexity index is 1470. The van der Waals surface area contributed by atoms with Gasteiger partial charge in [0.1, 0.15) is 4.90 Å². The number of nitrogens with two attached hydrogens (primary N) is 1. The van der Waals surface area contributed by atoms with Gasteiger partial charge in [0.05, 0.1) is 6.20 Å². The molecule has 4 aromatic rings. The summed E-state index contributed by atoms with van der Waals surface area (Å²) in [5.74, 6) is 0.647. The standard InChI is InChI=1S/C36H47N3O3S2/c1-2-3-4-5-6-7-8-9-10-13-18-30-23-25-34(26-24-30)44(40,41)42-35-28-39(33-21-16-12-17-22-33)36(38-35)43-29-32(37)27-31-19-14-11-15-20-31/h11-12,14-17,19-26,28,32H,2-10,13,18,27,29,37H2,1H3/t32-/m0/s1. The molecule has 4 rings (SSSR count). The van der Waals surface area contributed by atoms with E-state index in [2.05, 4.69) is 24.0 Å². The first-order chi connectivity index (χ1) is 21.4. The van der Waals surface area contributed by atoms with Gasteiger partial charge in [0.2, 0.25) is 0 Å². The number of aromatic nitrogens is 2. The van der Waals surface area contributed by atoms with Crippen molar-refractivity contribution in [3.05, 3.63) is 102 Å². The molecule has 236 valence electrons. The summed E-state index contributed by atoms with van der Waals surface area (Å²) >= 11 is 1.48. The van der Waals surface area contributed by atoms with Gasteiger partial charge in [-0.05, 0) is 54.7 Å². The van der Waals surface area contributed by atoms with Crippen LogP contribution >= 0.6 is 11.8 Å². The van der Waals surface area contributed by atoms with Gasteiger partial charge in [0.15, 0.2) is 5.16 Å². The summed E-state index contributed by atoms with van der Waals surface area (Å²) in [5, 5.41) is 0.622. The zero-order chi connectivity index (χ0) is 31.0. The highest BCUT2D eigenvalue weighted by atomic mass is 32.2. The van der Waals surface area contributed by atoms with Crippen molar-refractivity contribution in [3.8, 4) is 11.6 Å². The molecule has 3 aromatic carbocycles. The predicted molar refractivity (Wildman–Crippen MR) is 182 cm³/mol. The summed E-state index contributed by atoms with van der Waals surface area (Å²) in [6.45, 7) is 2.25. The highest BCUT2D eigenvalue weighted by molar-refractivity contribution is 7.99. The molecule has 0 saturated heterocycles. The Kier molecular flexibility index (Phi) is 13.9. The Morgan fingerprint density at radius 3 is 2.00 bits per heavy atom. The third-order valence-electron chi connectivity index (χ3n) is 7.68. The van der Waals surface area contributed by atoms with E-state index >= 15 is 0 Å². The van der Waals surface area contributed by atoms with Gasteiger partial charge < -0.3 is 9.92 Å². The molecule has 1 heterocycles. The van der Waals surface area contributed by atoms with Crippen LogP contribution in [0.2, 0.25) is 0 Å². The maximum Gasteiger partial charge on any atom is 0.340 e. The number of unbranched alkanes of at least 4 members (excludes halogenated alkanes) is 9. The van der Waals surface area contributed by atoms with Crippen LogP contribution in [0.15, 0.2) is 101 Å². The van der Waals surface area contributed by atoms with E-state index in [0.29, 0.717) is 10.9 Å². The minimum absolute atomic E-state index is 0.0300. The van der Waals surface area contributed by atoms with Crippen LogP contribution in [0, 0.1) is 0 Å². The van der Waals surface area contributed by atoms with Gasteiger partial charge in [0, 0.05) is 17.5 Å². The van der Waals surface area contributed by atoms with Crippen LogP contribution in [0.4, 0.5) is 0 Å². The smallest absolute Gasteiger partial charge is 0.340 e. The average Bonchev–Trinajstić information content (AvgIpc) is 3.44. The van der Waals surface area contributed by atoms with Gasteiger partial charge in [-0.1, -0.05) is 137 Å². The number of rotatable bonds is 20. The highest BCUT2D eigenvalue weighted by Gasteiger charge is 2.21. The van der Waals surface area contributed by atoms with Gasteiger partial charge >= 0.3 is 10.1 Å². The lowest BCUT2D eigenvalue weighted by Crippen LogP contribution is -2.25. The van der Waals surface area contributed by atoms with Crippen molar-refractivity contribution in [1.82, 2.24) is 9.55 Å². The van der Waals surface area contributed by atoms with Crippen molar-refractivity contribution in [2.45, 2.75) is 100 Å². The predicted octanol–water partition coefficient (Wildman–Crippen LogP) is 8.77. The maximum atomic E-state index is 13.2. The number of nitrogens with zero attached hydrogens (tertiary/aromatic N) is 2. The molecule has 0 radical (unpaired) electrons. The molecule has 44 heavy (non-hydrogen) atoms. The summed E-state index contributed by atoms with van der Waals surface area (Å²) in [6, 6.07) is 26.8. The molecule has 0 bridgehead atoms. The molecule has 1 atom stereocenters. The van der Waals surface area contributed by atoms with E-state index in [4.69, 9.17) is 9.92 Å². The quantitative estimate of drug-likeness (QED) is 0.0595. The Labute approximate surface area is 268 Å². The second-order valence-electron chi connectivity index (χ2n) is 11.4. The van der Waals surface area contributed by atoms with Gasteiger partial charge in [-0.2, -0.15) is 13.4 Å². The van der Waals surface area contributed by atoms with Crippen LogP contribution in [0.5, 0.6) is 5.88 Å². The molecule has 0 aliphatic rings. The van der Waals surface area contributed by atoms with Crippen molar-refractivity contribution in [2.75, 3.05) is 5.75 Å². The molecule has 6 nitrogen and oxygen atoms in total. The van der Waals surface area contributed by atoms with Crippen molar-refractivity contribution in [3.63, 3.8) is 0 Å². The first kappa shape index (κ1) is 33.8. The Balaban J connectivity index is 1.31. The van der Waals surface area contributed by atoms with Crippen molar-refractivity contribution < 1.29 is 12.6 Å². The minimum atomic E-state index is -4.04. The molecular weight excluding hydrogens is 587 g/mol. The number of hydrogen-bond acceptors (Lipinski definition) is 6. The number of para-hydroxylation sites is 1. The summed E-state index contributed by atoms with van der Waals surface area (Å²) in [5.41, 5.74) is 9.61. The average molecular weight is 634 g/mol. The second-order valence-corrected chi connectivity index (χ2v) is 14.0. The summed E-state index contributed by atoms with van der Waals surface area (Å²) in [6.07, 6.45) is 16.3. The van der Waals surface area contributed by atoms with E-state index in [1.54, 1.807) is 18.3 Å². The van der Waals surface area contributed by atoms with Crippen molar-refractivity contribution in [1.29, 1.82) is 0 Å². The fourth-order valence-corrected chi connectivity index (χ4v) is 7.02. The molecule has 2 N–H and O–H groups in total. The van der Waals surface area contributed by atoms with Crippen LogP contribution in [0.1, 0.15) is 82.3 Å². The number of thioether (sulfide) groups is 1. The van der Waals surface area contributed by atoms with E-state index in [1.807, 2.05) is 65.2 Å². The monoisotopic (exact) mass is 633 g/mol. The summed E-state index contributed by atoms with van der Waals surface area (Å²) < 4.78 is 33.8. The fourth-order valence-electron chi connectivity index (χ4n) is 5.22. The number of benzene rings is 3. The lowest BCUT2D eigenvalue weighted by atomic mass is 10.0. The summed E-state index contributed by atoms with van der Waals surface area (Å²) in [4.78, 5) is 4.68. The Morgan fingerprint density at radius 2 is 1.36 bits per heavy atom. The molecule has 0 amide bonds. The lowest BCUT2D eigenvalue weighted by Gasteiger charge is -2.12. The van der Waals surface area contributed by atoms with Crippen LogP contribution in [0.25, 0.3) is 5.69 Å². The van der Waals surface area contributed by atoms with E-state index in [9.17, 15) is 8.42 Å². The molecule has 0 aliphatic heterocycles. The van der Waals surface area contributed by atoms with Gasteiger partial charge in [-0.25, -0.2) is 0 Å². The van der Waals surface area contributed by atoms with Crippen molar-refractivity contribution in [2.24, 2.45) is 5.73 Å². The summed E-state index contributed by atoms with van der Waals surface area (Å²) in [7, 11) is -4.04. The topological polar surface area (TPSA) is 87.2 Å². The van der Waals surface area contributed by atoms with Gasteiger partial charge in [0.25, 0.3) is 5.88 Å². The first-order valence-electron chi connectivity index (χ1n) is 16.0. The van der Waals surface area contributed by atoms with Crippen LogP contribution in [-0.4, -0.2) is 29.8 Å². The SMILES string of the molecule is CCCCCCCCCCCCc1ccc(S(=O)(=O)Oc2cn(-c3ccccc3)c(SC[C@@H](N)Cc3ccccc3)n2)cc1. The molecule has 8 heteroatoms. The third kappa shape index (κ3) is 11.1. The highest BCUT2D eigenvalue weighted by Crippen LogP contribution is 2.28. The fraction of sp³-hybridized carbons (Fsp3) is 0.417. The number of imidazole rings is 1. The Hall–Kier alpha value is -3.07. The number of hydrogen-bond donors (Lipinski definition) is 1. The molecular formula is C36H47N3O3S2. The van der Waals surface area contributed by atoms with E-state index in [-0.39, 0.29) is 16.8 Å². The third-order valence-corrected chi connectivity index (χ3v) is 10.1. The first-order valence-corrected chi connectivity index (χ1v) is 18.4. The molecule has 0 saturated carbocycles. The molecule has 1 aromatic heterocycles. The van der Waals surface area contributed by atoms with Crippen LogP contribution in [-0.2, 0) is 23.0 Å². The van der Waals surface area contributed by atoms with Gasteiger partial charge in [-0.15, -0.1) is 0 Å².